The molecular formula is C28H42O2S. The average Bonchev–Trinajstić information content (AvgIpc) is 2.76. The second kappa shape index (κ2) is 15.2. The number of unbranched alkanes of at least 4 members (excludes halogenated alkanes) is 8. The molecule has 0 heterocycles. The molecule has 0 saturated heterocycles. The van der Waals surface area contributed by atoms with Gasteiger partial charge in [-0.3, -0.25) is 0 Å². The van der Waals surface area contributed by atoms with Crippen molar-refractivity contribution in [1.29, 1.82) is 0 Å². The number of aromatic hydroxyl groups is 2. The van der Waals surface area contributed by atoms with Gasteiger partial charge in [0.15, 0.2) is 0 Å². The number of benzene rings is 2. The minimum Gasteiger partial charge on any atom is -0.508 e. The first-order chi connectivity index (χ1) is 15.1. The van der Waals surface area contributed by atoms with E-state index in [2.05, 4.69) is 26.0 Å². The quantitative estimate of drug-likeness (QED) is 0.202. The van der Waals surface area contributed by atoms with Crippen molar-refractivity contribution in [3.05, 3.63) is 53.6 Å². The fourth-order valence-electron chi connectivity index (χ4n) is 3.97. The van der Waals surface area contributed by atoms with Gasteiger partial charge in [0.25, 0.3) is 0 Å². The minimum absolute atomic E-state index is 0.342. The summed E-state index contributed by atoms with van der Waals surface area (Å²) in [6, 6.07) is 13.7. The van der Waals surface area contributed by atoms with Crippen LogP contribution in [0.15, 0.2) is 47.4 Å². The molecule has 172 valence electrons. The topological polar surface area (TPSA) is 40.5 Å². The van der Waals surface area contributed by atoms with E-state index in [1.54, 1.807) is 12.1 Å². The van der Waals surface area contributed by atoms with Crippen LogP contribution >= 0.6 is 11.8 Å². The summed E-state index contributed by atoms with van der Waals surface area (Å²) in [5.74, 6) is 0.770. The van der Waals surface area contributed by atoms with Crippen molar-refractivity contribution in [2.75, 3.05) is 0 Å². The SMILES string of the molecule is CCCCCCCCc1ccc(O)c(SC(C)CCCCCCc2ccc(O)cc2)c1. The van der Waals surface area contributed by atoms with Crippen molar-refractivity contribution in [3.8, 4) is 11.5 Å². The summed E-state index contributed by atoms with van der Waals surface area (Å²) < 4.78 is 0. The molecule has 0 amide bonds. The lowest BCUT2D eigenvalue weighted by molar-refractivity contribution is 0.461. The van der Waals surface area contributed by atoms with Crippen LogP contribution in [0.1, 0.15) is 95.6 Å². The highest BCUT2D eigenvalue weighted by Gasteiger charge is 2.09. The monoisotopic (exact) mass is 442 g/mol. The van der Waals surface area contributed by atoms with Crippen LogP contribution in [0.4, 0.5) is 0 Å². The molecule has 2 N–H and O–H groups in total. The van der Waals surface area contributed by atoms with Gasteiger partial charge in [-0.25, -0.2) is 0 Å². The summed E-state index contributed by atoms with van der Waals surface area (Å²) in [6.07, 6.45) is 16.3. The Kier molecular flexibility index (Phi) is 12.6. The molecule has 0 aliphatic rings. The number of rotatable bonds is 16. The van der Waals surface area contributed by atoms with Crippen molar-refractivity contribution < 1.29 is 10.2 Å². The fourth-order valence-corrected chi connectivity index (χ4v) is 5.10. The lowest BCUT2D eigenvalue weighted by Gasteiger charge is -2.13. The lowest BCUT2D eigenvalue weighted by Crippen LogP contribution is -1.97. The highest BCUT2D eigenvalue weighted by molar-refractivity contribution is 8.00. The van der Waals surface area contributed by atoms with Gasteiger partial charge >= 0.3 is 0 Å². The molecule has 0 aliphatic heterocycles. The number of thioether (sulfide) groups is 1. The van der Waals surface area contributed by atoms with E-state index in [1.165, 1.54) is 81.8 Å². The molecule has 2 nitrogen and oxygen atoms in total. The average molecular weight is 443 g/mol. The van der Waals surface area contributed by atoms with Gasteiger partial charge in [-0.15, -0.1) is 11.8 Å². The van der Waals surface area contributed by atoms with Crippen LogP contribution in [0.25, 0.3) is 0 Å². The fraction of sp³-hybridized carbons (Fsp3) is 0.571. The van der Waals surface area contributed by atoms with Crippen molar-refractivity contribution in [2.45, 2.75) is 107 Å². The van der Waals surface area contributed by atoms with Crippen LogP contribution in [-0.2, 0) is 12.8 Å². The molecule has 2 rings (SSSR count). The van der Waals surface area contributed by atoms with Gasteiger partial charge in [0, 0.05) is 10.1 Å². The summed E-state index contributed by atoms with van der Waals surface area (Å²) in [7, 11) is 0. The van der Waals surface area contributed by atoms with E-state index in [0.29, 0.717) is 16.7 Å². The highest BCUT2D eigenvalue weighted by atomic mass is 32.2. The third-order valence-electron chi connectivity index (χ3n) is 5.93. The Morgan fingerprint density at radius 1 is 0.710 bits per heavy atom. The third kappa shape index (κ3) is 11.0. The molecule has 0 bridgehead atoms. The van der Waals surface area contributed by atoms with E-state index in [-0.39, 0.29) is 0 Å². The summed E-state index contributed by atoms with van der Waals surface area (Å²) in [5, 5.41) is 20.1. The molecule has 2 aromatic rings. The van der Waals surface area contributed by atoms with E-state index in [4.69, 9.17) is 0 Å². The summed E-state index contributed by atoms with van der Waals surface area (Å²) >= 11 is 1.82. The Labute approximate surface area is 194 Å². The first kappa shape index (κ1) is 25.6. The van der Waals surface area contributed by atoms with Crippen molar-refractivity contribution >= 4 is 11.8 Å². The Balaban J connectivity index is 1.61. The second-order valence-corrected chi connectivity index (χ2v) is 10.3. The summed E-state index contributed by atoms with van der Waals surface area (Å²) in [5.41, 5.74) is 2.66. The van der Waals surface area contributed by atoms with Crippen LogP contribution in [0.2, 0.25) is 0 Å². The molecule has 2 aromatic carbocycles. The standard InChI is InChI=1S/C28H42O2S/c1-3-4-5-6-7-12-15-25-18-21-27(30)28(22-25)31-23(2)13-10-8-9-11-14-24-16-19-26(29)20-17-24/h16-23,29-30H,3-15H2,1-2H3. The first-order valence-electron chi connectivity index (χ1n) is 12.3. The van der Waals surface area contributed by atoms with E-state index < -0.39 is 0 Å². The highest BCUT2D eigenvalue weighted by Crippen LogP contribution is 2.34. The van der Waals surface area contributed by atoms with E-state index >= 15 is 0 Å². The Morgan fingerprint density at radius 3 is 2.00 bits per heavy atom. The van der Waals surface area contributed by atoms with Crippen molar-refractivity contribution in [3.63, 3.8) is 0 Å². The Bertz CT molecular complexity index is 726. The molecule has 0 aliphatic carbocycles. The van der Waals surface area contributed by atoms with Crippen molar-refractivity contribution in [1.82, 2.24) is 0 Å². The molecule has 0 fully saturated rings. The largest absolute Gasteiger partial charge is 0.508 e. The molecule has 3 heteroatoms. The number of aryl methyl sites for hydroxylation is 2. The van der Waals surface area contributed by atoms with E-state index in [1.807, 2.05) is 30.0 Å². The zero-order chi connectivity index (χ0) is 22.3. The molecule has 0 spiro atoms. The number of hydrogen-bond donors (Lipinski definition) is 2. The van der Waals surface area contributed by atoms with Crippen molar-refractivity contribution in [2.24, 2.45) is 0 Å². The van der Waals surface area contributed by atoms with Gasteiger partial charge in [0.05, 0.1) is 0 Å². The molecule has 0 radical (unpaired) electrons. The van der Waals surface area contributed by atoms with Gasteiger partial charge in [0.1, 0.15) is 11.5 Å². The lowest BCUT2D eigenvalue weighted by atomic mass is 10.0. The smallest absolute Gasteiger partial charge is 0.129 e. The van der Waals surface area contributed by atoms with E-state index in [0.717, 1.165) is 17.7 Å². The van der Waals surface area contributed by atoms with Crippen LogP contribution in [-0.4, -0.2) is 15.5 Å². The molecule has 0 saturated carbocycles. The minimum atomic E-state index is 0.342. The molecule has 1 atom stereocenters. The van der Waals surface area contributed by atoms with Crippen LogP contribution < -0.4 is 0 Å². The predicted octanol–water partition coefficient (Wildman–Crippen LogP) is 8.67. The molecule has 1 unspecified atom stereocenters. The predicted molar refractivity (Wildman–Crippen MR) is 135 cm³/mol. The maximum absolute atomic E-state index is 10.3. The number of phenolic OH excluding ortho intramolecular Hbond substituents is 2. The molecular weight excluding hydrogens is 400 g/mol. The second-order valence-electron chi connectivity index (χ2n) is 8.87. The van der Waals surface area contributed by atoms with Gasteiger partial charge in [-0.05, 0) is 67.5 Å². The Hall–Kier alpha value is -1.61. The van der Waals surface area contributed by atoms with Gasteiger partial charge in [0.2, 0.25) is 0 Å². The van der Waals surface area contributed by atoms with Crippen LogP contribution in [0, 0.1) is 0 Å². The number of phenols is 2. The third-order valence-corrected chi connectivity index (χ3v) is 7.15. The van der Waals surface area contributed by atoms with Crippen LogP contribution in [0.3, 0.4) is 0 Å². The van der Waals surface area contributed by atoms with E-state index in [9.17, 15) is 10.2 Å². The zero-order valence-electron chi connectivity index (χ0n) is 19.6. The van der Waals surface area contributed by atoms with Gasteiger partial charge in [-0.1, -0.05) is 83.4 Å². The van der Waals surface area contributed by atoms with Gasteiger partial charge in [-0.2, -0.15) is 0 Å². The normalized spacial score (nSPS) is 12.2. The Morgan fingerprint density at radius 2 is 1.29 bits per heavy atom. The first-order valence-corrected chi connectivity index (χ1v) is 13.2. The van der Waals surface area contributed by atoms with Crippen LogP contribution in [0.5, 0.6) is 11.5 Å². The summed E-state index contributed by atoms with van der Waals surface area (Å²) in [4.78, 5) is 1.04. The van der Waals surface area contributed by atoms with Gasteiger partial charge < -0.3 is 10.2 Å². The number of hydrogen-bond acceptors (Lipinski definition) is 3. The maximum Gasteiger partial charge on any atom is 0.129 e. The molecule has 0 aromatic heterocycles. The summed E-state index contributed by atoms with van der Waals surface area (Å²) in [6.45, 7) is 4.54. The zero-order valence-corrected chi connectivity index (χ0v) is 20.4. The maximum atomic E-state index is 10.3. The molecule has 31 heavy (non-hydrogen) atoms.